The van der Waals surface area contributed by atoms with Gasteiger partial charge in [-0.25, -0.2) is 14.5 Å². The van der Waals surface area contributed by atoms with E-state index in [2.05, 4.69) is 20.2 Å². The first-order valence-electron chi connectivity index (χ1n) is 17.4. The molecule has 302 valence electrons. The third-order valence-electron chi connectivity index (χ3n) is 10.2. The summed E-state index contributed by atoms with van der Waals surface area (Å²) in [5, 5.41) is 68.2. The van der Waals surface area contributed by atoms with Gasteiger partial charge in [0.2, 0.25) is 5.91 Å². The molecule has 0 aromatic rings. The number of guanidine groups is 1. The Bertz CT molecular complexity index is 1510. The first-order chi connectivity index (χ1) is 24.9. The van der Waals surface area contributed by atoms with E-state index >= 15 is 0 Å². The van der Waals surface area contributed by atoms with Gasteiger partial charge in [0.05, 0.1) is 24.9 Å². The van der Waals surface area contributed by atoms with Gasteiger partial charge in [-0.15, -0.1) is 0 Å². The van der Waals surface area contributed by atoms with Crippen molar-refractivity contribution >= 4 is 34.1 Å². The van der Waals surface area contributed by atoms with E-state index in [0.717, 1.165) is 12.7 Å². The molecule has 12 N–H and O–H groups in total. The fourth-order valence-electron chi connectivity index (χ4n) is 7.21. The second-order valence-electron chi connectivity index (χ2n) is 14.1. The molecule has 1 saturated carbocycles. The number of likely N-dealkylation sites (tertiary alicyclic amines) is 1. The minimum Gasteiger partial charge on any atom is -0.861 e. The Hall–Kier alpha value is -2.87. The summed E-state index contributed by atoms with van der Waals surface area (Å²) in [6.07, 6.45) is -9.31. The molecule has 3 aliphatic heterocycles. The van der Waals surface area contributed by atoms with Crippen molar-refractivity contribution in [2.75, 3.05) is 40.0 Å². The number of rotatable bonds is 15. The Morgan fingerprint density at radius 1 is 1.19 bits per heavy atom. The molecule has 0 spiro atoms. The molecule has 4 aliphatic rings. The van der Waals surface area contributed by atoms with E-state index < -0.39 is 120 Å². The average molecular weight is 782 g/mol. The maximum absolute atomic E-state index is 14.5. The number of ether oxygens (including phenoxy) is 3. The summed E-state index contributed by atoms with van der Waals surface area (Å²) < 4.78 is 53.8. The van der Waals surface area contributed by atoms with Gasteiger partial charge >= 0.3 is 16.4 Å². The Morgan fingerprint density at radius 2 is 1.89 bits per heavy atom. The van der Waals surface area contributed by atoms with Crippen molar-refractivity contribution in [3.8, 4) is 0 Å². The first-order valence-corrected chi connectivity index (χ1v) is 18.7. The first kappa shape index (κ1) is 42.9. The molecule has 2 amide bonds. The van der Waals surface area contributed by atoms with Crippen molar-refractivity contribution in [1.82, 2.24) is 10.2 Å². The van der Waals surface area contributed by atoms with Gasteiger partial charge in [0.15, 0.2) is 12.4 Å². The summed E-state index contributed by atoms with van der Waals surface area (Å²) in [4.78, 5) is 33.3. The lowest BCUT2D eigenvalue weighted by atomic mass is 9.81. The minimum atomic E-state index is -4.92. The summed E-state index contributed by atoms with van der Waals surface area (Å²) in [7, 11) is -3.82. The second kappa shape index (κ2) is 18.2. The van der Waals surface area contributed by atoms with Crippen molar-refractivity contribution in [1.29, 1.82) is 0 Å². The number of methoxy groups -OCH3 is 1. The Morgan fingerprint density at radius 3 is 2.47 bits per heavy atom. The van der Waals surface area contributed by atoms with Gasteiger partial charge in [-0.05, 0) is 55.1 Å². The summed E-state index contributed by atoms with van der Waals surface area (Å²) >= 11 is 0. The van der Waals surface area contributed by atoms with Crippen LogP contribution < -0.4 is 21.9 Å². The molecule has 0 aromatic carbocycles. The fraction of sp³-hybridized carbons (Fsp3) is 0.806. The highest BCUT2D eigenvalue weighted by molar-refractivity contribution is 7.80. The molecule has 3 fully saturated rings. The van der Waals surface area contributed by atoms with Crippen LogP contribution in [0.4, 0.5) is 0 Å². The largest absolute Gasteiger partial charge is 0.861 e. The predicted octanol–water partition coefficient (Wildman–Crippen LogP) is -6.45. The van der Waals surface area contributed by atoms with E-state index in [1.165, 1.54) is 4.90 Å². The van der Waals surface area contributed by atoms with Crippen LogP contribution >= 0.6 is 0 Å². The number of nitrogens with zero attached hydrogens (tertiary/aromatic N) is 3. The number of nitrogens with one attached hydrogen (secondary N) is 1. The van der Waals surface area contributed by atoms with Crippen LogP contribution in [0.1, 0.15) is 39.5 Å². The number of carbonyl (C=O) groups is 2. The smallest absolute Gasteiger partial charge is 0.437 e. The second-order valence-corrected chi connectivity index (χ2v) is 15.2. The monoisotopic (exact) mass is 781 g/mol. The minimum absolute atomic E-state index is 0.0451. The lowest BCUT2D eigenvalue weighted by molar-refractivity contribution is -0.539. The van der Waals surface area contributed by atoms with Gasteiger partial charge < -0.3 is 60.1 Å². The van der Waals surface area contributed by atoms with Crippen molar-refractivity contribution in [2.24, 2.45) is 22.6 Å². The number of hydrogen-bond acceptors (Lipinski definition) is 15. The van der Waals surface area contributed by atoms with Crippen molar-refractivity contribution < 1.29 is 81.9 Å². The molecule has 0 aromatic heterocycles. The molecule has 2 saturated heterocycles. The summed E-state index contributed by atoms with van der Waals surface area (Å²) in [6.45, 7) is 2.91. The Balaban J connectivity index is 1.60. The highest BCUT2D eigenvalue weighted by Gasteiger charge is 2.53. The Kier molecular flexibility index (Phi) is 14.7. The maximum Gasteiger partial charge on any atom is 0.437 e. The standard InChI is InChI=1S/C31H52N6O15S/c1-14(2)23(35-28(44)22(49-3)13-50-53(46,47)48)29(45)37-17-10-20(51-30-26(42)25(41)24(40)21(12-38)52-30)19(39)9-16(17)8-18(37)27(43)34-6-4-15-5-7-36(11-15)31(32)33/h5,14,16-26,30,38-42H,4,6-13H2,1-3H3,(H6,32,33,34,35,43,44,46,47,48)/p+1/t16-,17+,18+,19+,20+,21-,22?,23?,24-,25+,26-,30+/m1/s1. The highest BCUT2D eigenvalue weighted by Crippen LogP contribution is 2.42. The summed E-state index contributed by atoms with van der Waals surface area (Å²) in [5.41, 5.74) is 10.5. The number of nitrogens with two attached hydrogens (primary N) is 1. The molecule has 21 nitrogen and oxygen atoms in total. The molecule has 2 unspecified atom stereocenters. The van der Waals surface area contributed by atoms with Crippen LogP contribution in [-0.2, 0) is 38.4 Å². The fourth-order valence-corrected chi connectivity index (χ4v) is 7.51. The maximum atomic E-state index is 14.5. The van der Waals surface area contributed by atoms with Crippen LogP contribution in [0.15, 0.2) is 16.6 Å². The van der Waals surface area contributed by atoms with Crippen molar-refractivity contribution in [2.45, 2.75) is 107 Å². The van der Waals surface area contributed by atoms with E-state index in [1.54, 1.807) is 13.8 Å². The van der Waals surface area contributed by atoms with Crippen LogP contribution in [0.2, 0.25) is 0 Å². The van der Waals surface area contributed by atoms with Gasteiger partial charge in [-0.2, -0.15) is 8.42 Å². The zero-order valence-electron chi connectivity index (χ0n) is 29.8. The Labute approximate surface area is 306 Å². The number of quaternary nitrogens is 1. The van der Waals surface area contributed by atoms with Crippen LogP contribution in [0.25, 0.3) is 0 Å². The number of hydrogen-bond donors (Lipinski definition) is 9. The molecule has 22 heteroatoms. The van der Waals surface area contributed by atoms with E-state index in [-0.39, 0.29) is 25.8 Å². The normalized spacial score (nSPS) is 34.4. The number of carbonyl (C=O) groups excluding carboxylic acids is 2. The van der Waals surface area contributed by atoms with Gasteiger partial charge in [0, 0.05) is 19.7 Å². The molecule has 3 heterocycles. The number of aliphatic hydroxyl groups excluding tert-OH is 5. The third kappa shape index (κ3) is 10.5. The molecular formula is C31H53N6O15S+. The lowest BCUT2D eigenvalue weighted by Crippen LogP contribution is -2.66. The molecule has 0 bridgehead atoms. The SMILES string of the molecule is COC(COS(=O)(=O)O)C(=O)NC(C(=O)N1[C@H](C([O-])=NCCC2=CC[N+](=C(N)[NH3+])C2)C[C@@H]2C[C@H](O)[C@@H](O[C@H]3O[C@H](CO)[C@@H](O)[C@H](O)[C@H]3O)C[C@@H]21)C(C)C. The molecule has 12 atom stereocenters. The summed E-state index contributed by atoms with van der Waals surface area (Å²) in [6, 6.07) is -3.14. The predicted molar refractivity (Wildman–Crippen MR) is 179 cm³/mol. The van der Waals surface area contributed by atoms with E-state index in [0.29, 0.717) is 25.5 Å². The van der Waals surface area contributed by atoms with Gasteiger partial charge in [-0.1, -0.05) is 13.8 Å². The van der Waals surface area contributed by atoms with E-state index in [1.807, 2.05) is 10.7 Å². The van der Waals surface area contributed by atoms with Gasteiger partial charge in [0.25, 0.3) is 5.91 Å². The van der Waals surface area contributed by atoms with E-state index in [9.17, 15) is 48.6 Å². The third-order valence-corrected chi connectivity index (χ3v) is 10.6. The quantitative estimate of drug-likeness (QED) is 0.0245. The summed E-state index contributed by atoms with van der Waals surface area (Å²) in [5.74, 6) is -2.82. The zero-order valence-corrected chi connectivity index (χ0v) is 30.7. The van der Waals surface area contributed by atoms with Gasteiger partial charge in [-0.3, -0.25) is 19.9 Å². The van der Waals surface area contributed by atoms with Crippen molar-refractivity contribution in [3.05, 3.63) is 11.6 Å². The number of amides is 2. The van der Waals surface area contributed by atoms with E-state index in [4.69, 9.17) is 24.5 Å². The zero-order chi connectivity index (χ0) is 39.4. The number of aliphatic imine (C=N–C) groups is 1. The van der Waals surface area contributed by atoms with Crippen LogP contribution in [-0.4, -0.2) is 179 Å². The average Bonchev–Trinajstić information content (AvgIpc) is 3.72. The number of aliphatic hydroxyl groups is 5. The molecule has 1 aliphatic carbocycles. The molecule has 53 heavy (non-hydrogen) atoms. The highest BCUT2D eigenvalue weighted by atomic mass is 32.3. The van der Waals surface area contributed by atoms with Crippen LogP contribution in [0.3, 0.4) is 0 Å². The number of fused-ring (bicyclic) bond motifs is 1. The van der Waals surface area contributed by atoms with Crippen LogP contribution in [0.5, 0.6) is 0 Å². The molecule has 4 rings (SSSR count). The van der Waals surface area contributed by atoms with Crippen molar-refractivity contribution in [3.63, 3.8) is 0 Å². The molecular weight excluding hydrogens is 728 g/mol. The lowest BCUT2D eigenvalue weighted by Gasteiger charge is -2.45. The topological polar surface area (TPSA) is 334 Å². The van der Waals surface area contributed by atoms with Crippen LogP contribution in [0, 0.1) is 11.8 Å². The van der Waals surface area contributed by atoms with Gasteiger partial charge in [0.1, 0.15) is 50.2 Å². The molecule has 0 radical (unpaired) electrons.